The number of carbonyl (C=O) groups is 1. The van der Waals surface area contributed by atoms with E-state index in [2.05, 4.69) is 0 Å². The van der Waals surface area contributed by atoms with E-state index in [0.717, 1.165) is 19.3 Å². The van der Waals surface area contributed by atoms with Gasteiger partial charge in [0.15, 0.2) is 0 Å². The third-order valence-electron chi connectivity index (χ3n) is 3.55. The maximum Gasteiger partial charge on any atom is 0.228 e. The fraction of sp³-hybridized carbons (Fsp3) is 0.929. The summed E-state index contributed by atoms with van der Waals surface area (Å²) in [4.78, 5) is 13.5. The maximum absolute atomic E-state index is 13.1. The van der Waals surface area contributed by atoms with Crippen molar-refractivity contribution in [3.05, 3.63) is 0 Å². The predicted octanol–water partition coefficient (Wildman–Crippen LogP) is 2.98. The number of hydrogen-bond acceptors (Lipinski definition) is 2. The quantitative estimate of drug-likeness (QED) is 0.789. The number of nitrogens with zero attached hydrogens (tertiary/aromatic N) is 1. The number of likely N-dealkylation sites (tertiary alicyclic amines) is 1. The van der Waals surface area contributed by atoms with Crippen molar-refractivity contribution in [1.82, 2.24) is 4.90 Å². The largest absolute Gasteiger partial charge is 0.338 e. The van der Waals surface area contributed by atoms with Crippen LogP contribution in [0.2, 0.25) is 0 Å². The molecule has 1 saturated carbocycles. The van der Waals surface area contributed by atoms with Crippen LogP contribution in [0.1, 0.15) is 55.3 Å². The average molecular weight is 262 g/mol. The normalized spacial score (nSPS) is 28.3. The van der Waals surface area contributed by atoms with Crippen molar-refractivity contribution >= 4 is 5.91 Å². The van der Waals surface area contributed by atoms with Crippen molar-refractivity contribution in [3.63, 3.8) is 0 Å². The second-order valence-electron chi connectivity index (χ2n) is 4.80. The molecule has 0 aromatic rings. The maximum atomic E-state index is 13.1. The van der Waals surface area contributed by atoms with Gasteiger partial charge in [-0.25, -0.2) is 4.39 Å². The molecule has 2 N–H and O–H groups in total. The van der Waals surface area contributed by atoms with Gasteiger partial charge in [-0.05, 0) is 12.8 Å². The van der Waals surface area contributed by atoms with Gasteiger partial charge < -0.3 is 10.6 Å². The van der Waals surface area contributed by atoms with Crippen LogP contribution in [0.25, 0.3) is 0 Å². The van der Waals surface area contributed by atoms with Crippen LogP contribution in [0.4, 0.5) is 4.39 Å². The third kappa shape index (κ3) is 3.67. The lowest BCUT2D eigenvalue weighted by Gasteiger charge is -2.39. The standard InChI is InChI=1S/C10H17FN2O.2C2H6.H2/c1-10(3-2-4-10)9(14)13-5-7(11)8(12)6-13;2*1-2;/h7-8H,2-6,12H2,1H3;2*1-2H3;1H/t7?,8-;;;/m1.../s1. The molecule has 2 atom stereocenters. The molecular formula is C14H31FN2O. The van der Waals surface area contributed by atoms with Gasteiger partial charge in [-0.15, -0.1) is 0 Å². The molecule has 2 fully saturated rings. The van der Waals surface area contributed by atoms with Gasteiger partial charge >= 0.3 is 0 Å². The highest BCUT2D eigenvalue weighted by Gasteiger charge is 2.45. The first-order chi connectivity index (χ1) is 8.53. The van der Waals surface area contributed by atoms with Crippen LogP contribution in [-0.4, -0.2) is 36.1 Å². The summed E-state index contributed by atoms with van der Waals surface area (Å²) >= 11 is 0. The van der Waals surface area contributed by atoms with E-state index in [1.165, 1.54) is 0 Å². The van der Waals surface area contributed by atoms with E-state index in [1.807, 2.05) is 34.6 Å². The van der Waals surface area contributed by atoms with Crippen LogP contribution in [0.5, 0.6) is 0 Å². The van der Waals surface area contributed by atoms with Crippen molar-refractivity contribution in [2.75, 3.05) is 13.1 Å². The Hall–Kier alpha value is -0.640. The second-order valence-corrected chi connectivity index (χ2v) is 4.80. The highest BCUT2D eigenvalue weighted by molar-refractivity contribution is 5.83. The predicted molar refractivity (Wildman–Crippen MR) is 76.2 cm³/mol. The molecule has 1 aliphatic heterocycles. The molecule has 1 heterocycles. The third-order valence-corrected chi connectivity index (χ3v) is 3.55. The lowest BCUT2D eigenvalue weighted by molar-refractivity contribution is -0.145. The van der Waals surface area contributed by atoms with E-state index >= 15 is 0 Å². The SMILES string of the molecule is CC.CC.CC1(C(=O)N2CC(F)[C@H](N)C2)CCC1.[HH]. The average Bonchev–Trinajstić information content (AvgIpc) is 2.71. The molecule has 110 valence electrons. The molecule has 0 aromatic heterocycles. The number of nitrogens with two attached hydrogens (primary N) is 1. The van der Waals surface area contributed by atoms with Crippen molar-refractivity contribution < 1.29 is 10.6 Å². The highest BCUT2D eigenvalue weighted by Crippen LogP contribution is 2.42. The molecule has 1 amide bonds. The van der Waals surface area contributed by atoms with Crippen molar-refractivity contribution in [1.29, 1.82) is 0 Å². The van der Waals surface area contributed by atoms with Gasteiger partial charge in [-0.1, -0.05) is 41.0 Å². The number of halogens is 1. The molecule has 1 saturated heterocycles. The molecule has 0 spiro atoms. The van der Waals surface area contributed by atoms with Crippen molar-refractivity contribution in [2.45, 2.75) is 66.1 Å². The van der Waals surface area contributed by atoms with Crippen LogP contribution >= 0.6 is 0 Å². The minimum absolute atomic E-state index is 0. The van der Waals surface area contributed by atoms with E-state index in [4.69, 9.17) is 5.73 Å². The molecule has 0 aromatic carbocycles. The molecule has 2 aliphatic rings. The highest BCUT2D eigenvalue weighted by atomic mass is 19.1. The van der Waals surface area contributed by atoms with Crippen molar-refractivity contribution in [2.24, 2.45) is 11.1 Å². The van der Waals surface area contributed by atoms with E-state index in [0.29, 0.717) is 6.54 Å². The molecule has 2 rings (SSSR count). The number of carbonyl (C=O) groups excluding carboxylic acids is 1. The van der Waals surface area contributed by atoms with E-state index in [9.17, 15) is 9.18 Å². The molecule has 4 heteroatoms. The molecule has 0 bridgehead atoms. The van der Waals surface area contributed by atoms with Crippen LogP contribution in [0, 0.1) is 5.41 Å². The van der Waals surface area contributed by atoms with Crippen LogP contribution in [-0.2, 0) is 4.79 Å². The van der Waals surface area contributed by atoms with Crippen molar-refractivity contribution in [3.8, 4) is 0 Å². The van der Waals surface area contributed by atoms with Gasteiger partial charge in [-0.2, -0.15) is 0 Å². The summed E-state index contributed by atoms with van der Waals surface area (Å²) in [6.07, 6.45) is 1.95. The zero-order chi connectivity index (χ0) is 14.3. The summed E-state index contributed by atoms with van der Waals surface area (Å²) in [5.74, 6) is 0.0966. The van der Waals surface area contributed by atoms with Crippen LogP contribution in [0.15, 0.2) is 0 Å². The fourth-order valence-electron chi connectivity index (χ4n) is 2.26. The number of amides is 1. The Morgan fingerprint density at radius 3 is 2.06 bits per heavy atom. The van der Waals surface area contributed by atoms with E-state index in [-0.39, 0.29) is 19.3 Å². The second kappa shape index (κ2) is 7.72. The van der Waals surface area contributed by atoms with Gasteiger partial charge in [0.25, 0.3) is 0 Å². The summed E-state index contributed by atoms with van der Waals surface area (Å²) in [5, 5.41) is 0. The van der Waals surface area contributed by atoms with E-state index < -0.39 is 12.2 Å². The number of rotatable bonds is 1. The Morgan fingerprint density at radius 2 is 1.78 bits per heavy atom. The van der Waals surface area contributed by atoms with Gasteiger partial charge in [0, 0.05) is 13.4 Å². The first-order valence-corrected chi connectivity index (χ1v) is 7.22. The first-order valence-electron chi connectivity index (χ1n) is 7.22. The summed E-state index contributed by atoms with van der Waals surface area (Å²) in [6, 6.07) is -0.484. The molecule has 18 heavy (non-hydrogen) atoms. The first kappa shape index (κ1) is 17.4. The Kier molecular flexibility index (Phi) is 7.45. The summed E-state index contributed by atoms with van der Waals surface area (Å²) in [7, 11) is 0. The summed E-state index contributed by atoms with van der Waals surface area (Å²) in [5.41, 5.74) is 5.32. The Bertz CT molecular complexity index is 250. The fourth-order valence-corrected chi connectivity index (χ4v) is 2.26. The minimum Gasteiger partial charge on any atom is -0.338 e. The molecule has 0 radical (unpaired) electrons. The number of hydrogen-bond donors (Lipinski definition) is 1. The molecular weight excluding hydrogens is 231 g/mol. The lowest BCUT2D eigenvalue weighted by Crippen LogP contribution is -2.45. The summed E-state index contributed by atoms with van der Waals surface area (Å²) < 4.78 is 13.1. The smallest absolute Gasteiger partial charge is 0.228 e. The van der Waals surface area contributed by atoms with E-state index in [1.54, 1.807) is 4.90 Å². The summed E-state index contributed by atoms with van der Waals surface area (Å²) in [6.45, 7) is 10.5. The Balaban J connectivity index is 0. The van der Waals surface area contributed by atoms with Crippen LogP contribution in [0.3, 0.4) is 0 Å². The van der Waals surface area contributed by atoms with Crippen LogP contribution < -0.4 is 5.73 Å². The van der Waals surface area contributed by atoms with Gasteiger partial charge in [0.2, 0.25) is 5.91 Å². The number of alkyl halides is 1. The zero-order valence-electron chi connectivity index (χ0n) is 12.5. The molecule has 1 unspecified atom stereocenters. The molecule has 3 nitrogen and oxygen atoms in total. The van der Waals surface area contributed by atoms with Gasteiger partial charge in [0.1, 0.15) is 6.17 Å². The minimum atomic E-state index is -1.04. The van der Waals surface area contributed by atoms with Gasteiger partial charge in [0.05, 0.1) is 12.6 Å². The Morgan fingerprint density at radius 1 is 1.28 bits per heavy atom. The lowest BCUT2D eigenvalue weighted by atomic mass is 9.69. The Labute approximate surface area is 112 Å². The molecule has 1 aliphatic carbocycles. The topological polar surface area (TPSA) is 46.3 Å². The monoisotopic (exact) mass is 262 g/mol. The van der Waals surface area contributed by atoms with Gasteiger partial charge in [-0.3, -0.25) is 4.79 Å². The zero-order valence-corrected chi connectivity index (χ0v) is 12.5.